The summed E-state index contributed by atoms with van der Waals surface area (Å²) >= 11 is -2.92. The molecule has 0 aromatic heterocycles. The van der Waals surface area contributed by atoms with Crippen molar-refractivity contribution in [1.82, 2.24) is 0 Å². The predicted molar refractivity (Wildman–Crippen MR) is 53.3 cm³/mol. The maximum atomic E-state index is 11.0. The molecular weight excluding hydrogens is 227 g/mol. The molecule has 3 heteroatoms. The van der Waals surface area contributed by atoms with E-state index in [1.54, 1.807) is 6.07 Å². The fraction of sp³-hybridized carbons (Fsp3) is 0.400. The van der Waals surface area contributed by atoms with Crippen molar-refractivity contribution in [2.45, 2.75) is 26.2 Å². The van der Waals surface area contributed by atoms with Gasteiger partial charge in [0, 0.05) is 0 Å². The molecule has 0 bridgehead atoms. The van der Waals surface area contributed by atoms with E-state index in [1.165, 1.54) is 0 Å². The zero-order chi connectivity index (χ0) is 9.68. The van der Waals surface area contributed by atoms with Gasteiger partial charge in [0.25, 0.3) is 0 Å². The molecule has 1 N–H and O–H groups in total. The summed E-state index contributed by atoms with van der Waals surface area (Å²) in [5, 5.41) is 0. The Morgan fingerprint density at radius 2 is 2.08 bits per heavy atom. The van der Waals surface area contributed by atoms with E-state index in [2.05, 4.69) is 6.92 Å². The summed E-state index contributed by atoms with van der Waals surface area (Å²) in [6.45, 7) is 2.12. The second-order valence-electron chi connectivity index (χ2n) is 3.01. The quantitative estimate of drug-likeness (QED) is 0.803. The van der Waals surface area contributed by atoms with Crippen LogP contribution in [-0.4, -0.2) is 19.0 Å². The Kier molecular flexibility index (Phi) is 4.34. The Bertz CT molecular complexity index is 297. The first kappa shape index (κ1) is 10.6. The van der Waals surface area contributed by atoms with E-state index in [9.17, 15) is 3.74 Å². The van der Waals surface area contributed by atoms with E-state index in [0.717, 1.165) is 24.8 Å². The molecule has 1 rings (SSSR count). The minimum atomic E-state index is -2.92. The van der Waals surface area contributed by atoms with Crippen molar-refractivity contribution in [3.63, 3.8) is 0 Å². The third-order valence-electron chi connectivity index (χ3n) is 2.00. The summed E-state index contributed by atoms with van der Waals surface area (Å²) in [6.07, 6.45) is 3.12. The molecule has 1 aromatic carbocycles. The van der Waals surface area contributed by atoms with Gasteiger partial charge in [-0.1, -0.05) is 0 Å². The summed E-state index contributed by atoms with van der Waals surface area (Å²) in [5.74, 6) is 0. The van der Waals surface area contributed by atoms with Gasteiger partial charge in [0.1, 0.15) is 0 Å². The Balaban J connectivity index is 2.84. The van der Waals surface area contributed by atoms with Gasteiger partial charge in [-0.2, -0.15) is 0 Å². The summed E-state index contributed by atoms with van der Waals surface area (Å²) in [4.78, 5) is 0. The zero-order valence-electron chi connectivity index (χ0n) is 7.73. The maximum absolute atomic E-state index is 11.0. The predicted octanol–water partition coefficient (Wildman–Crippen LogP) is 1.15. The Morgan fingerprint density at radius 3 is 2.69 bits per heavy atom. The molecule has 0 saturated heterocycles. The monoisotopic (exact) mass is 241 g/mol. The van der Waals surface area contributed by atoms with Crippen LogP contribution in [0.15, 0.2) is 24.3 Å². The Morgan fingerprint density at radius 1 is 1.38 bits per heavy atom. The number of benzene rings is 1. The summed E-state index contributed by atoms with van der Waals surface area (Å²) < 4.78 is 20.8. The van der Waals surface area contributed by atoms with Crippen LogP contribution in [0.1, 0.15) is 25.3 Å². The number of rotatable bonds is 4. The van der Waals surface area contributed by atoms with Crippen molar-refractivity contribution in [3.8, 4) is 0 Å². The zero-order valence-corrected chi connectivity index (χ0v) is 9.61. The first-order valence-electron chi connectivity index (χ1n) is 4.49. The summed E-state index contributed by atoms with van der Waals surface area (Å²) in [6, 6.07) is 7.45. The molecule has 0 amide bonds. The van der Waals surface area contributed by atoms with Crippen LogP contribution in [0.2, 0.25) is 0 Å². The van der Waals surface area contributed by atoms with Crippen molar-refractivity contribution in [2.24, 2.45) is 0 Å². The van der Waals surface area contributed by atoms with Gasteiger partial charge in [-0.05, 0) is 0 Å². The number of aryl methyl sites for hydroxylation is 1. The number of unbranched alkanes of at least 4 members (excludes halogenated alkanes) is 1. The van der Waals surface area contributed by atoms with Crippen molar-refractivity contribution < 1.29 is 7.84 Å². The third kappa shape index (κ3) is 3.05. The van der Waals surface area contributed by atoms with Gasteiger partial charge in [-0.25, -0.2) is 0 Å². The molecule has 13 heavy (non-hydrogen) atoms. The standard InChI is InChI=1S/C10H14AsO2/c1-2-3-6-9-7-4-5-8-10(9)11(12)13/h4-5,7-8H,2-3,6H2,1H3,(H,12,13). The van der Waals surface area contributed by atoms with Gasteiger partial charge in [0.2, 0.25) is 0 Å². The van der Waals surface area contributed by atoms with Gasteiger partial charge in [0.05, 0.1) is 0 Å². The molecule has 0 aliphatic heterocycles. The van der Waals surface area contributed by atoms with Crippen molar-refractivity contribution in [2.75, 3.05) is 0 Å². The van der Waals surface area contributed by atoms with Gasteiger partial charge >= 0.3 is 83.1 Å². The first-order valence-corrected chi connectivity index (χ1v) is 7.04. The molecule has 0 spiro atoms. The van der Waals surface area contributed by atoms with Crippen LogP contribution in [-0.2, 0) is 10.2 Å². The van der Waals surface area contributed by atoms with Crippen LogP contribution >= 0.6 is 0 Å². The fourth-order valence-corrected chi connectivity index (χ4v) is 2.63. The molecule has 0 heterocycles. The molecule has 1 aromatic rings. The molecule has 1 atom stereocenters. The van der Waals surface area contributed by atoms with Crippen molar-refractivity contribution in [1.29, 1.82) is 0 Å². The second kappa shape index (κ2) is 5.31. The molecular formula is C10H14AsO2. The normalized spacial score (nSPS) is 11.4. The van der Waals surface area contributed by atoms with E-state index in [4.69, 9.17) is 4.10 Å². The van der Waals surface area contributed by atoms with E-state index < -0.39 is 14.9 Å². The fourth-order valence-electron chi connectivity index (χ4n) is 1.28. The molecule has 1 radical (unpaired) electrons. The van der Waals surface area contributed by atoms with Crippen molar-refractivity contribution in [3.05, 3.63) is 29.8 Å². The Labute approximate surface area is 83.4 Å². The van der Waals surface area contributed by atoms with Gasteiger partial charge in [0.15, 0.2) is 0 Å². The molecule has 0 saturated carbocycles. The van der Waals surface area contributed by atoms with E-state index >= 15 is 0 Å². The average molecular weight is 241 g/mol. The van der Waals surface area contributed by atoms with Crippen molar-refractivity contribution >= 4 is 19.3 Å². The average Bonchev–Trinajstić information content (AvgIpc) is 2.15. The second-order valence-corrected chi connectivity index (χ2v) is 5.16. The Hall–Kier alpha value is -0.462. The summed E-state index contributed by atoms with van der Waals surface area (Å²) in [7, 11) is 0. The van der Waals surface area contributed by atoms with Crippen LogP contribution in [0.4, 0.5) is 0 Å². The molecule has 71 valence electrons. The van der Waals surface area contributed by atoms with Crippen LogP contribution in [0.25, 0.3) is 0 Å². The van der Waals surface area contributed by atoms with E-state index in [-0.39, 0.29) is 0 Å². The minimum absolute atomic E-state index is 0.670. The van der Waals surface area contributed by atoms with Gasteiger partial charge in [-0.15, -0.1) is 0 Å². The number of hydrogen-bond donors (Lipinski definition) is 1. The molecule has 2 nitrogen and oxygen atoms in total. The third-order valence-corrected chi connectivity index (χ3v) is 3.78. The van der Waals surface area contributed by atoms with Crippen LogP contribution in [0.5, 0.6) is 0 Å². The SMILES string of the molecule is CCCCc1ccccc1[As](=O)O. The van der Waals surface area contributed by atoms with E-state index in [1.807, 2.05) is 18.2 Å². The van der Waals surface area contributed by atoms with Crippen LogP contribution < -0.4 is 4.35 Å². The molecule has 1 unspecified atom stereocenters. The molecule has 0 aliphatic carbocycles. The van der Waals surface area contributed by atoms with Gasteiger partial charge in [-0.3, -0.25) is 0 Å². The van der Waals surface area contributed by atoms with Crippen LogP contribution in [0.3, 0.4) is 0 Å². The molecule has 0 aliphatic rings. The topological polar surface area (TPSA) is 37.3 Å². The van der Waals surface area contributed by atoms with Gasteiger partial charge < -0.3 is 0 Å². The van der Waals surface area contributed by atoms with E-state index in [0.29, 0.717) is 4.35 Å². The number of hydrogen-bond acceptors (Lipinski definition) is 1. The molecule has 0 fully saturated rings. The first-order chi connectivity index (χ1) is 6.25. The summed E-state index contributed by atoms with van der Waals surface area (Å²) in [5.41, 5.74) is 1.04. The van der Waals surface area contributed by atoms with Crippen LogP contribution in [0, 0.1) is 0 Å².